The van der Waals surface area contributed by atoms with Crippen LogP contribution in [0.25, 0.3) is 0 Å². The molecule has 102 valence electrons. The summed E-state index contributed by atoms with van der Waals surface area (Å²) in [6, 6.07) is 8.25. The molecule has 1 aromatic carbocycles. The van der Waals surface area contributed by atoms with Gasteiger partial charge < -0.3 is 10.5 Å². The minimum Gasteiger partial charge on any atom is -0.492 e. The number of hydrogen-bond donors (Lipinski definition) is 1. The van der Waals surface area contributed by atoms with Crippen LogP contribution in [0.3, 0.4) is 0 Å². The van der Waals surface area contributed by atoms with Crippen LogP contribution in [0.1, 0.15) is 26.3 Å². The highest BCUT2D eigenvalue weighted by molar-refractivity contribution is 5.31. The van der Waals surface area contributed by atoms with E-state index < -0.39 is 0 Å². The van der Waals surface area contributed by atoms with Gasteiger partial charge in [0, 0.05) is 6.20 Å². The Labute approximate surface area is 114 Å². The minimum absolute atomic E-state index is 0.172. The van der Waals surface area contributed by atoms with Gasteiger partial charge >= 0.3 is 0 Å². The van der Waals surface area contributed by atoms with Crippen molar-refractivity contribution in [3.63, 3.8) is 0 Å². The van der Waals surface area contributed by atoms with E-state index >= 15 is 0 Å². The highest BCUT2D eigenvalue weighted by atomic mass is 16.5. The first kappa shape index (κ1) is 13.5. The Bertz CT molecular complexity index is 523. The quantitative estimate of drug-likeness (QED) is 0.918. The number of benzene rings is 1. The number of hydrogen-bond acceptors (Lipinski definition) is 3. The van der Waals surface area contributed by atoms with Crippen LogP contribution in [0.5, 0.6) is 5.75 Å². The lowest BCUT2D eigenvalue weighted by molar-refractivity contribution is 0.291. The van der Waals surface area contributed by atoms with E-state index in [2.05, 4.69) is 38.0 Å². The first-order valence-corrected chi connectivity index (χ1v) is 6.46. The van der Waals surface area contributed by atoms with Crippen molar-refractivity contribution in [1.29, 1.82) is 0 Å². The SMILES string of the molecule is CC(C)(C)c1ccc(OCCn2cc(N)cn2)cc1. The molecule has 0 saturated carbocycles. The van der Waals surface area contributed by atoms with Crippen molar-refractivity contribution in [2.75, 3.05) is 12.3 Å². The fraction of sp³-hybridized carbons (Fsp3) is 0.400. The molecule has 0 spiro atoms. The first-order valence-electron chi connectivity index (χ1n) is 6.46. The van der Waals surface area contributed by atoms with E-state index in [1.165, 1.54) is 5.56 Å². The average molecular weight is 259 g/mol. The summed E-state index contributed by atoms with van der Waals surface area (Å²) in [5.41, 5.74) is 7.75. The van der Waals surface area contributed by atoms with Gasteiger partial charge in [-0.05, 0) is 23.1 Å². The zero-order valence-electron chi connectivity index (χ0n) is 11.8. The lowest BCUT2D eigenvalue weighted by Gasteiger charge is -2.19. The van der Waals surface area contributed by atoms with Crippen LogP contribution in [-0.2, 0) is 12.0 Å². The van der Waals surface area contributed by atoms with Gasteiger partial charge in [0.25, 0.3) is 0 Å². The van der Waals surface area contributed by atoms with Crippen LogP contribution >= 0.6 is 0 Å². The van der Waals surface area contributed by atoms with Gasteiger partial charge in [0.1, 0.15) is 12.4 Å². The Kier molecular flexibility index (Phi) is 3.79. The lowest BCUT2D eigenvalue weighted by atomic mass is 9.87. The first-order chi connectivity index (χ1) is 8.95. The van der Waals surface area contributed by atoms with Gasteiger partial charge in [0.15, 0.2) is 0 Å². The number of ether oxygens (including phenoxy) is 1. The number of aromatic nitrogens is 2. The number of nitrogens with zero attached hydrogens (tertiary/aromatic N) is 2. The molecule has 0 bridgehead atoms. The third-order valence-corrected chi connectivity index (χ3v) is 2.96. The predicted molar refractivity (Wildman–Crippen MR) is 77.3 cm³/mol. The molecule has 0 unspecified atom stereocenters. The van der Waals surface area contributed by atoms with Crippen molar-refractivity contribution in [3.05, 3.63) is 42.2 Å². The van der Waals surface area contributed by atoms with Crippen molar-refractivity contribution in [3.8, 4) is 5.75 Å². The monoisotopic (exact) mass is 259 g/mol. The molecule has 1 heterocycles. The Morgan fingerprint density at radius 3 is 2.42 bits per heavy atom. The Balaban J connectivity index is 1.86. The van der Waals surface area contributed by atoms with Crippen molar-refractivity contribution < 1.29 is 4.74 Å². The normalized spacial score (nSPS) is 11.5. The molecule has 0 atom stereocenters. The molecule has 0 amide bonds. The van der Waals surface area contributed by atoms with Crippen LogP contribution in [0.15, 0.2) is 36.7 Å². The van der Waals surface area contributed by atoms with E-state index in [1.807, 2.05) is 12.1 Å². The molecule has 1 aromatic heterocycles. The van der Waals surface area contributed by atoms with E-state index in [0.29, 0.717) is 18.8 Å². The van der Waals surface area contributed by atoms with Gasteiger partial charge in [-0.3, -0.25) is 4.68 Å². The second-order valence-electron chi connectivity index (χ2n) is 5.66. The molecular weight excluding hydrogens is 238 g/mol. The summed E-state index contributed by atoms with van der Waals surface area (Å²) in [4.78, 5) is 0. The summed E-state index contributed by atoms with van der Waals surface area (Å²) in [6.45, 7) is 7.87. The van der Waals surface area contributed by atoms with E-state index in [-0.39, 0.29) is 5.41 Å². The largest absolute Gasteiger partial charge is 0.492 e. The smallest absolute Gasteiger partial charge is 0.119 e. The van der Waals surface area contributed by atoms with Crippen LogP contribution in [0.2, 0.25) is 0 Å². The fourth-order valence-electron chi connectivity index (χ4n) is 1.81. The van der Waals surface area contributed by atoms with Gasteiger partial charge in [0.05, 0.1) is 18.4 Å². The Morgan fingerprint density at radius 2 is 1.89 bits per heavy atom. The number of rotatable bonds is 4. The van der Waals surface area contributed by atoms with Gasteiger partial charge in [-0.15, -0.1) is 0 Å². The van der Waals surface area contributed by atoms with Gasteiger partial charge in [-0.2, -0.15) is 5.10 Å². The minimum atomic E-state index is 0.172. The summed E-state index contributed by atoms with van der Waals surface area (Å²) in [7, 11) is 0. The fourth-order valence-corrected chi connectivity index (χ4v) is 1.81. The maximum Gasteiger partial charge on any atom is 0.119 e. The second kappa shape index (κ2) is 5.34. The average Bonchev–Trinajstić information content (AvgIpc) is 2.75. The van der Waals surface area contributed by atoms with Crippen LogP contribution in [0.4, 0.5) is 5.69 Å². The highest BCUT2D eigenvalue weighted by Gasteiger charge is 2.12. The van der Waals surface area contributed by atoms with Crippen molar-refractivity contribution in [2.24, 2.45) is 0 Å². The summed E-state index contributed by atoms with van der Waals surface area (Å²) in [6.07, 6.45) is 3.43. The maximum absolute atomic E-state index is 5.69. The number of nitrogen functional groups attached to an aromatic ring is 1. The molecule has 0 aliphatic rings. The van der Waals surface area contributed by atoms with Crippen LogP contribution in [0, 0.1) is 0 Å². The van der Waals surface area contributed by atoms with Gasteiger partial charge in [0.2, 0.25) is 0 Å². The van der Waals surface area contributed by atoms with Crippen LogP contribution < -0.4 is 10.5 Å². The molecule has 0 aliphatic heterocycles. The summed E-state index contributed by atoms with van der Waals surface area (Å²) in [5.74, 6) is 0.883. The van der Waals surface area contributed by atoms with Gasteiger partial charge in [-0.25, -0.2) is 0 Å². The van der Waals surface area contributed by atoms with Crippen LogP contribution in [-0.4, -0.2) is 16.4 Å². The van der Waals surface area contributed by atoms with E-state index in [4.69, 9.17) is 10.5 Å². The molecule has 0 aliphatic carbocycles. The molecule has 19 heavy (non-hydrogen) atoms. The molecule has 0 radical (unpaired) electrons. The highest BCUT2D eigenvalue weighted by Crippen LogP contribution is 2.24. The Morgan fingerprint density at radius 1 is 1.21 bits per heavy atom. The molecule has 0 fully saturated rings. The van der Waals surface area contributed by atoms with Crippen molar-refractivity contribution in [1.82, 2.24) is 9.78 Å². The van der Waals surface area contributed by atoms with E-state index in [9.17, 15) is 0 Å². The molecule has 4 nitrogen and oxygen atoms in total. The zero-order valence-corrected chi connectivity index (χ0v) is 11.8. The van der Waals surface area contributed by atoms with E-state index in [1.54, 1.807) is 17.1 Å². The summed E-state index contributed by atoms with van der Waals surface area (Å²) >= 11 is 0. The summed E-state index contributed by atoms with van der Waals surface area (Å²) < 4.78 is 7.46. The third-order valence-electron chi connectivity index (χ3n) is 2.96. The molecule has 2 aromatic rings. The Hall–Kier alpha value is -1.97. The second-order valence-corrected chi connectivity index (χ2v) is 5.66. The molecule has 4 heteroatoms. The van der Waals surface area contributed by atoms with Gasteiger partial charge in [-0.1, -0.05) is 32.9 Å². The van der Waals surface area contributed by atoms with Crippen molar-refractivity contribution >= 4 is 5.69 Å². The lowest BCUT2D eigenvalue weighted by Crippen LogP contribution is -2.11. The standard InChI is InChI=1S/C15H21N3O/c1-15(2,3)12-4-6-14(7-5-12)19-9-8-18-11-13(16)10-17-18/h4-7,10-11H,8-9,16H2,1-3H3. The molecule has 2 rings (SSSR count). The van der Waals surface area contributed by atoms with Crippen molar-refractivity contribution in [2.45, 2.75) is 32.7 Å². The molecule has 0 saturated heterocycles. The topological polar surface area (TPSA) is 53.1 Å². The third kappa shape index (κ3) is 3.74. The van der Waals surface area contributed by atoms with E-state index in [0.717, 1.165) is 5.75 Å². The number of nitrogens with two attached hydrogens (primary N) is 1. The molecule has 2 N–H and O–H groups in total. The number of anilines is 1. The summed E-state index contributed by atoms with van der Waals surface area (Å²) in [5, 5.41) is 4.11. The predicted octanol–water partition coefficient (Wildman–Crippen LogP) is 2.84. The molecular formula is C15H21N3O. The zero-order chi connectivity index (χ0) is 13.9. The maximum atomic E-state index is 5.69.